The fourth-order valence-corrected chi connectivity index (χ4v) is 1.69. The lowest BCUT2D eigenvalue weighted by Gasteiger charge is -2.21. The molecule has 1 heteroatoms. The van der Waals surface area contributed by atoms with Gasteiger partial charge in [-0.05, 0) is 43.8 Å². The van der Waals surface area contributed by atoms with Gasteiger partial charge in [0.05, 0.1) is 5.76 Å². The highest BCUT2D eigenvalue weighted by molar-refractivity contribution is 5.32. The maximum absolute atomic E-state index is 9.68. The molecule has 1 unspecified atom stereocenters. The zero-order chi connectivity index (χ0) is 9.14. The first-order chi connectivity index (χ1) is 5.65. The maximum atomic E-state index is 9.68. The molecule has 68 valence electrons. The first-order valence-corrected chi connectivity index (χ1v) is 4.69. The van der Waals surface area contributed by atoms with E-state index in [-0.39, 0.29) is 0 Å². The number of aliphatic hydroxyl groups is 1. The molecule has 0 fully saturated rings. The first kappa shape index (κ1) is 9.37. The van der Waals surface area contributed by atoms with E-state index in [2.05, 4.69) is 19.9 Å². The monoisotopic (exact) mass is 166 g/mol. The molecule has 0 bridgehead atoms. The van der Waals surface area contributed by atoms with Gasteiger partial charge in [-0.15, -0.1) is 0 Å². The van der Waals surface area contributed by atoms with Crippen LogP contribution in [0, 0.1) is 5.92 Å². The van der Waals surface area contributed by atoms with Crippen molar-refractivity contribution in [1.29, 1.82) is 0 Å². The lowest BCUT2D eigenvalue weighted by molar-refractivity contribution is 0.324. The van der Waals surface area contributed by atoms with Gasteiger partial charge in [0.1, 0.15) is 0 Å². The fourth-order valence-electron chi connectivity index (χ4n) is 1.69. The van der Waals surface area contributed by atoms with Gasteiger partial charge >= 0.3 is 0 Å². The number of rotatable bonds is 1. The molecule has 12 heavy (non-hydrogen) atoms. The molecule has 1 aliphatic carbocycles. The van der Waals surface area contributed by atoms with Gasteiger partial charge in [0.15, 0.2) is 0 Å². The quantitative estimate of drug-likeness (QED) is 0.631. The predicted molar refractivity (Wildman–Crippen MR) is 52.1 cm³/mol. The highest BCUT2D eigenvalue weighted by Crippen LogP contribution is 2.31. The van der Waals surface area contributed by atoms with Crippen molar-refractivity contribution in [2.45, 2.75) is 40.0 Å². The van der Waals surface area contributed by atoms with Crippen molar-refractivity contribution in [3.8, 4) is 0 Å². The van der Waals surface area contributed by atoms with Crippen molar-refractivity contribution >= 4 is 0 Å². The fraction of sp³-hybridized carbons (Fsp3) is 0.636. The first-order valence-electron chi connectivity index (χ1n) is 4.69. The average Bonchev–Trinajstić information content (AvgIpc) is 2.03. The highest BCUT2D eigenvalue weighted by atomic mass is 16.3. The zero-order valence-electron chi connectivity index (χ0n) is 8.22. The zero-order valence-corrected chi connectivity index (χ0v) is 8.22. The second kappa shape index (κ2) is 3.79. The summed E-state index contributed by atoms with van der Waals surface area (Å²) in [6, 6.07) is 0. The Balaban J connectivity index is 2.82. The third-order valence-electron chi connectivity index (χ3n) is 2.69. The topological polar surface area (TPSA) is 20.2 Å². The molecule has 1 N–H and O–H groups in total. The van der Waals surface area contributed by atoms with Crippen molar-refractivity contribution in [2.75, 3.05) is 0 Å². The number of hydrogen-bond acceptors (Lipinski definition) is 1. The Morgan fingerprint density at radius 1 is 1.58 bits per heavy atom. The predicted octanol–water partition coefficient (Wildman–Crippen LogP) is 3.58. The second-order valence-electron chi connectivity index (χ2n) is 3.74. The maximum Gasteiger partial charge on any atom is 0.0959 e. The minimum absolute atomic E-state index is 0.615. The largest absolute Gasteiger partial charge is 0.512 e. The molecule has 0 radical (unpaired) electrons. The van der Waals surface area contributed by atoms with Crippen LogP contribution in [0.1, 0.15) is 40.0 Å². The third kappa shape index (κ3) is 1.90. The second-order valence-corrected chi connectivity index (χ2v) is 3.74. The molecule has 1 atom stereocenters. The Bertz CT molecular complexity index is 223. The Morgan fingerprint density at radius 3 is 2.75 bits per heavy atom. The Hall–Kier alpha value is -0.720. The standard InChI is InChI=1S/C11H18O/c1-4-9(3)10-6-5-8(2)7-11(10)12/h4,8,12H,5-7H2,1-3H3/b9-4-. The molecule has 0 saturated heterocycles. The molecular weight excluding hydrogens is 148 g/mol. The highest BCUT2D eigenvalue weighted by Gasteiger charge is 2.17. The van der Waals surface area contributed by atoms with Gasteiger partial charge in [-0.25, -0.2) is 0 Å². The summed E-state index contributed by atoms with van der Waals surface area (Å²) in [4.78, 5) is 0. The van der Waals surface area contributed by atoms with E-state index < -0.39 is 0 Å². The van der Waals surface area contributed by atoms with Crippen LogP contribution in [-0.4, -0.2) is 5.11 Å². The number of aliphatic hydroxyl groups excluding tert-OH is 1. The van der Waals surface area contributed by atoms with E-state index in [9.17, 15) is 5.11 Å². The molecular formula is C11H18O. The van der Waals surface area contributed by atoms with E-state index in [1.807, 2.05) is 6.92 Å². The SMILES string of the molecule is C/C=C(/C)C1=C(O)CC(C)CC1. The van der Waals surface area contributed by atoms with Crippen LogP contribution in [-0.2, 0) is 0 Å². The van der Waals surface area contributed by atoms with E-state index in [0.29, 0.717) is 11.7 Å². The normalized spacial score (nSPS) is 26.2. The Morgan fingerprint density at radius 2 is 2.25 bits per heavy atom. The summed E-state index contributed by atoms with van der Waals surface area (Å²) in [7, 11) is 0. The minimum atomic E-state index is 0.615. The van der Waals surface area contributed by atoms with Gasteiger partial charge in [0, 0.05) is 6.42 Å². The molecule has 0 aromatic carbocycles. The summed E-state index contributed by atoms with van der Waals surface area (Å²) in [5, 5.41) is 9.68. The number of hydrogen-bond donors (Lipinski definition) is 1. The van der Waals surface area contributed by atoms with Crippen LogP contribution < -0.4 is 0 Å². The van der Waals surface area contributed by atoms with Gasteiger partial charge in [-0.1, -0.05) is 13.0 Å². The summed E-state index contributed by atoms with van der Waals surface area (Å²) in [5.41, 5.74) is 2.41. The lowest BCUT2D eigenvalue weighted by atomic mass is 9.86. The van der Waals surface area contributed by atoms with Crippen molar-refractivity contribution in [1.82, 2.24) is 0 Å². The van der Waals surface area contributed by atoms with E-state index in [0.717, 1.165) is 12.8 Å². The summed E-state index contributed by atoms with van der Waals surface area (Å²) >= 11 is 0. The van der Waals surface area contributed by atoms with Crippen molar-refractivity contribution < 1.29 is 5.11 Å². The van der Waals surface area contributed by atoms with E-state index in [1.165, 1.54) is 17.6 Å². The van der Waals surface area contributed by atoms with E-state index >= 15 is 0 Å². The molecule has 0 aromatic heterocycles. The minimum Gasteiger partial charge on any atom is -0.512 e. The van der Waals surface area contributed by atoms with Crippen LogP contribution in [0.5, 0.6) is 0 Å². The van der Waals surface area contributed by atoms with Gasteiger partial charge in [0.25, 0.3) is 0 Å². The summed E-state index contributed by atoms with van der Waals surface area (Å²) in [6.07, 6.45) is 5.19. The molecule has 1 aliphatic rings. The van der Waals surface area contributed by atoms with Crippen molar-refractivity contribution in [3.05, 3.63) is 23.0 Å². The molecule has 0 heterocycles. The molecule has 0 aliphatic heterocycles. The molecule has 0 amide bonds. The van der Waals surface area contributed by atoms with Gasteiger partial charge < -0.3 is 5.11 Å². The average molecular weight is 166 g/mol. The van der Waals surface area contributed by atoms with Gasteiger partial charge in [-0.3, -0.25) is 0 Å². The van der Waals surface area contributed by atoms with Gasteiger partial charge in [-0.2, -0.15) is 0 Å². The van der Waals surface area contributed by atoms with Crippen LogP contribution in [0.15, 0.2) is 23.0 Å². The van der Waals surface area contributed by atoms with E-state index in [1.54, 1.807) is 0 Å². The Labute approximate surface area is 74.8 Å². The van der Waals surface area contributed by atoms with Crippen LogP contribution in [0.2, 0.25) is 0 Å². The van der Waals surface area contributed by atoms with Crippen LogP contribution in [0.4, 0.5) is 0 Å². The molecule has 1 nitrogen and oxygen atoms in total. The lowest BCUT2D eigenvalue weighted by Crippen LogP contribution is -2.08. The number of allylic oxidation sites excluding steroid dienone is 4. The molecule has 1 rings (SSSR count). The summed E-state index contributed by atoms with van der Waals surface area (Å²) in [6.45, 7) is 6.28. The van der Waals surface area contributed by atoms with E-state index in [4.69, 9.17) is 0 Å². The van der Waals surface area contributed by atoms with Crippen molar-refractivity contribution in [2.24, 2.45) is 5.92 Å². The molecule has 0 aromatic rings. The van der Waals surface area contributed by atoms with Gasteiger partial charge in [0.2, 0.25) is 0 Å². The summed E-state index contributed by atoms with van der Waals surface area (Å²) < 4.78 is 0. The summed E-state index contributed by atoms with van der Waals surface area (Å²) in [5.74, 6) is 1.27. The van der Waals surface area contributed by atoms with Crippen LogP contribution in [0.3, 0.4) is 0 Å². The van der Waals surface area contributed by atoms with Crippen LogP contribution >= 0.6 is 0 Å². The molecule has 0 saturated carbocycles. The Kier molecular flexibility index (Phi) is 2.96. The van der Waals surface area contributed by atoms with Crippen LogP contribution in [0.25, 0.3) is 0 Å². The smallest absolute Gasteiger partial charge is 0.0959 e. The van der Waals surface area contributed by atoms with Crippen molar-refractivity contribution in [3.63, 3.8) is 0 Å². The molecule has 0 spiro atoms. The third-order valence-corrected chi connectivity index (χ3v) is 2.69.